The van der Waals surface area contributed by atoms with Crippen LogP contribution in [0.3, 0.4) is 0 Å². The first-order valence-corrected chi connectivity index (χ1v) is 14.3. The molecule has 196 valence electrons. The monoisotopic (exact) mass is 511 g/mol. The van der Waals surface area contributed by atoms with Crippen molar-refractivity contribution in [2.45, 2.75) is 52.4 Å². The largest absolute Gasteiger partial charge is 0.344 e. The molecule has 0 atom stereocenters. The third-order valence-electron chi connectivity index (χ3n) is 8.87. The van der Waals surface area contributed by atoms with Gasteiger partial charge in [-0.15, -0.1) is 0 Å². The Kier molecular flexibility index (Phi) is 6.10. The molecular formula is C37H39N2+. The van der Waals surface area contributed by atoms with Gasteiger partial charge in [0, 0.05) is 41.1 Å². The second-order valence-electron chi connectivity index (χ2n) is 11.8. The van der Waals surface area contributed by atoms with Gasteiger partial charge in [0.2, 0.25) is 5.69 Å². The molecule has 0 saturated carbocycles. The Bertz CT molecular complexity index is 1730. The highest BCUT2D eigenvalue weighted by molar-refractivity contribution is 6.07. The number of hydrogen-bond donors (Lipinski definition) is 0. The Morgan fingerprint density at radius 3 is 2.00 bits per heavy atom. The summed E-state index contributed by atoms with van der Waals surface area (Å²) in [4.78, 5) is 2.48. The molecule has 2 aliphatic heterocycles. The summed E-state index contributed by atoms with van der Waals surface area (Å²) in [5.74, 6) is 0. The van der Waals surface area contributed by atoms with Crippen molar-refractivity contribution in [2.75, 3.05) is 18.0 Å². The van der Waals surface area contributed by atoms with E-state index in [2.05, 4.69) is 154 Å². The van der Waals surface area contributed by atoms with E-state index in [4.69, 9.17) is 0 Å². The lowest BCUT2D eigenvalue weighted by atomic mass is 9.79. The minimum absolute atomic E-state index is 0.0653. The lowest BCUT2D eigenvalue weighted by molar-refractivity contribution is -0.433. The number of fused-ring (bicyclic) bond motifs is 6. The molecule has 4 aromatic carbocycles. The van der Waals surface area contributed by atoms with Crippen molar-refractivity contribution in [1.82, 2.24) is 0 Å². The summed E-state index contributed by atoms with van der Waals surface area (Å²) in [6.45, 7) is 15.8. The van der Waals surface area contributed by atoms with Crippen molar-refractivity contribution in [3.8, 4) is 0 Å². The predicted molar refractivity (Wildman–Crippen MR) is 169 cm³/mol. The van der Waals surface area contributed by atoms with Gasteiger partial charge in [-0.1, -0.05) is 86.7 Å². The van der Waals surface area contributed by atoms with Gasteiger partial charge in [0.25, 0.3) is 0 Å². The van der Waals surface area contributed by atoms with Gasteiger partial charge >= 0.3 is 0 Å². The average Bonchev–Trinajstić information content (AvgIpc) is 3.31. The van der Waals surface area contributed by atoms with Crippen LogP contribution in [0, 0.1) is 0 Å². The predicted octanol–water partition coefficient (Wildman–Crippen LogP) is 9.20. The Balaban J connectivity index is 1.33. The minimum Gasteiger partial charge on any atom is -0.344 e. The first-order valence-electron chi connectivity index (χ1n) is 14.3. The Labute approximate surface area is 233 Å². The van der Waals surface area contributed by atoms with Gasteiger partial charge in [-0.25, -0.2) is 0 Å². The van der Waals surface area contributed by atoms with Gasteiger partial charge < -0.3 is 4.90 Å². The molecule has 6 rings (SSSR count). The minimum atomic E-state index is -0.0653. The van der Waals surface area contributed by atoms with Crippen LogP contribution in [0.25, 0.3) is 21.5 Å². The molecule has 0 amide bonds. The lowest BCUT2D eigenvalue weighted by Gasteiger charge is -2.26. The van der Waals surface area contributed by atoms with Crippen LogP contribution in [-0.4, -0.2) is 23.4 Å². The fourth-order valence-corrected chi connectivity index (χ4v) is 7.11. The van der Waals surface area contributed by atoms with Gasteiger partial charge in [-0.2, -0.15) is 4.58 Å². The first kappa shape index (κ1) is 25.4. The maximum atomic E-state index is 2.48. The molecule has 0 spiro atoms. The SMILES string of the molecule is CCN1/C(=C/C=C/C=C/C2=[N+](CC)c3ccc4ccccc4c3C2(C)C)C(C)(C)c2c1ccc1ccccc21. The van der Waals surface area contributed by atoms with Gasteiger partial charge in [0.05, 0.1) is 5.41 Å². The quantitative estimate of drug-likeness (QED) is 0.191. The molecule has 0 N–H and O–H groups in total. The summed E-state index contributed by atoms with van der Waals surface area (Å²) in [5, 5.41) is 5.34. The second-order valence-corrected chi connectivity index (χ2v) is 11.8. The molecule has 0 radical (unpaired) electrons. The second kappa shape index (κ2) is 9.38. The van der Waals surface area contributed by atoms with Crippen LogP contribution < -0.4 is 4.90 Å². The zero-order valence-electron chi connectivity index (χ0n) is 24.1. The van der Waals surface area contributed by atoms with Crippen molar-refractivity contribution >= 4 is 38.6 Å². The maximum Gasteiger partial charge on any atom is 0.210 e. The number of hydrogen-bond acceptors (Lipinski definition) is 1. The Morgan fingerprint density at radius 1 is 0.692 bits per heavy atom. The van der Waals surface area contributed by atoms with Gasteiger partial charge in [0.15, 0.2) is 5.71 Å². The molecule has 2 nitrogen and oxygen atoms in total. The summed E-state index contributed by atoms with van der Waals surface area (Å²) >= 11 is 0. The van der Waals surface area contributed by atoms with E-state index < -0.39 is 0 Å². The van der Waals surface area contributed by atoms with Gasteiger partial charge in [0.1, 0.15) is 6.54 Å². The molecule has 2 heteroatoms. The van der Waals surface area contributed by atoms with Crippen molar-refractivity contribution in [3.63, 3.8) is 0 Å². The summed E-state index contributed by atoms with van der Waals surface area (Å²) in [5.41, 5.74) is 8.11. The fraction of sp³-hybridized carbons (Fsp3) is 0.270. The normalized spacial score (nSPS) is 18.8. The van der Waals surface area contributed by atoms with Crippen LogP contribution in [0.4, 0.5) is 11.4 Å². The Hall–Kier alpha value is -3.91. The number of allylic oxidation sites excluding steroid dienone is 6. The van der Waals surface area contributed by atoms with Crippen LogP contribution in [-0.2, 0) is 10.8 Å². The van der Waals surface area contributed by atoms with Crippen LogP contribution in [0.2, 0.25) is 0 Å². The molecule has 2 heterocycles. The number of benzene rings is 4. The summed E-state index contributed by atoms with van der Waals surface area (Å²) in [7, 11) is 0. The van der Waals surface area contributed by atoms with E-state index in [-0.39, 0.29) is 10.8 Å². The zero-order valence-corrected chi connectivity index (χ0v) is 24.1. The zero-order chi connectivity index (χ0) is 27.4. The molecule has 39 heavy (non-hydrogen) atoms. The fourth-order valence-electron chi connectivity index (χ4n) is 7.11. The highest BCUT2D eigenvalue weighted by atomic mass is 15.2. The number of nitrogens with zero attached hydrogens (tertiary/aromatic N) is 2. The number of rotatable bonds is 5. The first-order chi connectivity index (χ1) is 18.8. The van der Waals surface area contributed by atoms with Crippen LogP contribution in [0.1, 0.15) is 52.7 Å². The van der Waals surface area contributed by atoms with Crippen molar-refractivity contribution in [3.05, 3.63) is 120 Å². The summed E-state index contributed by atoms with van der Waals surface area (Å²) < 4.78 is 2.48. The summed E-state index contributed by atoms with van der Waals surface area (Å²) in [6, 6.07) is 26.7. The van der Waals surface area contributed by atoms with E-state index in [0.29, 0.717) is 0 Å². The van der Waals surface area contributed by atoms with Crippen molar-refractivity contribution in [1.29, 1.82) is 0 Å². The van der Waals surface area contributed by atoms with Crippen LogP contribution in [0.5, 0.6) is 0 Å². The molecular weight excluding hydrogens is 472 g/mol. The third kappa shape index (κ3) is 3.80. The molecule has 4 aromatic rings. The van der Waals surface area contributed by atoms with Crippen LogP contribution in [0.15, 0.2) is 109 Å². The standard InChI is InChI=1S/C37H39N2/c1-7-38-30-24-22-26-16-12-14-18-28(26)34(30)36(3,4)32(38)20-10-9-11-21-33-37(5,6)35-29-19-15-13-17-27(29)23-25-31(35)39(33)8-2/h9-25H,7-8H2,1-6H3/q+1. The van der Waals surface area contributed by atoms with E-state index in [0.717, 1.165) is 13.1 Å². The van der Waals surface area contributed by atoms with Gasteiger partial charge in [-0.3, -0.25) is 0 Å². The molecule has 2 aliphatic rings. The number of likely N-dealkylation sites (N-methyl/N-ethyl adjacent to an activating group) is 1. The van der Waals surface area contributed by atoms with E-state index in [1.54, 1.807) is 0 Å². The highest BCUT2D eigenvalue weighted by Gasteiger charge is 2.45. The molecule has 0 saturated heterocycles. The molecule has 0 unspecified atom stereocenters. The Morgan fingerprint density at radius 2 is 1.33 bits per heavy atom. The van der Waals surface area contributed by atoms with Crippen molar-refractivity contribution in [2.24, 2.45) is 0 Å². The van der Waals surface area contributed by atoms with Gasteiger partial charge in [-0.05, 0) is 73.0 Å². The molecule has 0 fully saturated rings. The topological polar surface area (TPSA) is 6.25 Å². The van der Waals surface area contributed by atoms with E-state index >= 15 is 0 Å². The van der Waals surface area contributed by atoms with E-state index in [1.165, 1.54) is 55.5 Å². The third-order valence-corrected chi connectivity index (χ3v) is 8.87. The van der Waals surface area contributed by atoms with E-state index in [1.807, 2.05) is 0 Å². The molecule has 0 bridgehead atoms. The average molecular weight is 512 g/mol. The highest BCUT2D eigenvalue weighted by Crippen LogP contribution is 2.50. The smallest absolute Gasteiger partial charge is 0.210 e. The van der Waals surface area contributed by atoms with Crippen molar-refractivity contribution < 1.29 is 4.58 Å². The number of anilines is 1. The summed E-state index contributed by atoms with van der Waals surface area (Å²) in [6.07, 6.45) is 11.2. The maximum absolute atomic E-state index is 2.48. The van der Waals surface area contributed by atoms with Crippen LogP contribution >= 0.6 is 0 Å². The molecule has 0 aliphatic carbocycles. The lowest BCUT2D eigenvalue weighted by Crippen LogP contribution is -2.27. The molecule has 0 aromatic heterocycles. The van der Waals surface area contributed by atoms with E-state index in [9.17, 15) is 0 Å².